The molecule has 1 heterocycles. The average Bonchev–Trinajstić information content (AvgIpc) is 3.28. The molecule has 1 saturated heterocycles. The monoisotopic (exact) mass is 322 g/mol. The van der Waals surface area contributed by atoms with Crippen molar-refractivity contribution >= 4 is 11.8 Å². The van der Waals surface area contributed by atoms with E-state index in [2.05, 4.69) is 10.2 Å². The number of nitrogens with two attached hydrogens (primary N) is 1. The summed E-state index contributed by atoms with van der Waals surface area (Å²) in [5.74, 6) is 0.732. The van der Waals surface area contributed by atoms with Crippen molar-refractivity contribution in [3.05, 3.63) is 0 Å². The number of rotatable bonds is 5. The molecule has 6 nitrogen and oxygen atoms in total. The second-order valence-electron chi connectivity index (χ2n) is 7.43. The molecule has 0 aromatic heterocycles. The highest BCUT2D eigenvalue weighted by Crippen LogP contribution is 2.27. The Bertz CT molecular complexity index is 444. The van der Waals surface area contributed by atoms with Gasteiger partial charge < -0.3 is 16.0 Å². The first-order valence-corrected chi connectivity index (χ1v) is 9.12. The number of hydrogen-bond donors (Lipinski definition) is 2. The Morgan fingerprint density at radius 2 is 1.83 bits per heavy atom. The maximum absolute atomic E-state index is 12.4. The molecule has 2 saturated carbocycles. The van der Waals surface area contributed by atoms with Crippen LogP contribution in [0.15, 0.2) is 0 Å². The molecule has 1 aliphatic heterocycles. The fourth-order valence-electron chi connectivity index (χ4n) is 3.75. The molecule has 0 bridgehead atoms. The van der Waals surface area contributed by atoms with Crippen LogP contribution in [0.25, 0.3) is 0 Å². The summed E-state index contributed by atoms with van der Waals surface area (Å²) in [6, 6.07) is 0.505. The van der Waals surface area contributed by atoms with E-state index in [9.17, 15) is 9.59 Å². The molecule has 3 fully saturated rings. The van der Waals surface area contributed by atoms with Crippen molar-refractivity contribution in [1.29, 1.82) is 0 Å². The van der Waals surface area contributed by atoms with Gasteiger partial charge in [-0.3, -0.25) is 14.5 Å². The number of carbonyl (C=O) groups is 2. The SMILES string of the molecule is CC(C(=O)NC1CC1)N1CCN(C(=O)C[C@@H]2CCC[C@H]2N)CC1. The van der Waals surface area contributed by atoms with Gasteiger partial charge in [0.05, 0.1) is 6.04 Å². The lowest BCUT2D eigenvalue weighted by Gasteiger charge is -2.38. The van der Waals surface area contributed by atoms with Crippen LogP contribution in [0.4, 0.5) is 0 Å². The number of nitrogens with one attached hydrogen (secondary N) is 1. The first kappa shape index (κ1) is 16.7. The van der Waals surface area contributed by atoms with Gasteiger partial charge in [0.15, 0.2) is 0 Å². The molecule has 6 heteroatoms. The van der Waals surface area contributed by atoms with E-state index in [1.54, 1.807) is 0 Å². The molecule has 0 aromatic carbocycles. The molecule has 0 aromatic rings. The van der Waals surface area contributed by atoms with Gasteiger partial charge in [-0.1, -0.05) is 6.42 Å². The third kappa shape index (κ3) is 4.23. The minimum Gasteiger partial charge on any atom is -0.352 e. The highest BCUT2D eigenvalue weighted by atomic mass is 16.2. The van der Waals surface area contributed by atoms with Crippen LogP contribution < -0.4 is 11.1 Å². The van der Waals surface area contributed by atoms with E-state index in [0.29, 0.717) is 18.4 Å². The summed E-state index contributed by atoms with van der Waals surface area (Å²) in [7, 11) is 0. The van der Waals surface area contributed by atoms with E-state index in [-0.39, 0.29) is 23.9 Å². The Kier molecular flexibility index (Phi) is 5.21. The van der Waals surface area contributed by atoms with Crippen molar-refractivity contribution < 1.29 is 9.59 Å². The Hall–Kier alpha value is -1.14. The molecule has 2 amide bonds. The molecule has 3 rings (SSSR count). The lowest BCUT2D eigenvalue weighted by molar-refractivity contribution is -0.135. The summed E-state index contributed by atoms with van der Waals surface area (Å²) in [5, 5.41) is 3.06. The second-order valence-corrected chi connectivity index (χ2v) is 7.43. The molecular formula is C17H30N4O2. The molecule has 2 aliphatic carbocycles. The zero-order valence-electron chi connectivity index (χ0n) is 14.2. The minimum atomic E-state index is -0.101. The van der Waals surface area contributed by atoms with Crippen LogP contribution in [0.1, 0.15) is 45.4 Å². The average molecular weight is 322 g/mol. The summed E-state index contributed by atoms with van der Waals surface area (Å²) in [6.07, 6.45) is 6.12. The van der Waals surface area contributed by atoms with E-state index < -0.39 is 0 Å². The van der Waals surface area contributed by atoms with Gasteiger partial charge in [-0.15, -0.1) is 0 Å². The Morgan fingerprint density at radius 1 is 1.13 bits per heavy atom. The van der Waals surface area contributed by atoms with E-state index in [1.165, 1.54) is 0 Å². The van der Waals surface area contributed by atoms with Crippen LogP contribution in [-0.4, -0.2) is 65.9 Å². The Morgan fingerprint density at radius 3 is 2.39 bits per heavy atom. The van der Waals surface area contributed by atoms with Crippen molar-refractivity contribution in [3.8, 4) is 0 Å². The summed E-state index contributed by atoms with van der Waals surface area (Å²) in [4.78, 5) is 28.7. The van der Waals surface area contributed by atoms with Gasteiger partial charge in [0.25, 0.3) is 0 Å². The third-order valence-electron chi connectivity index (χ3n) is 5.67. The molecule has 0 radical (unpaired) electrons. The van der Waals surface area contributed by atoms with E-state index >= 15 is 0 Å². The third-order valence-corrected chi connectivity index (χ3v) is 5.67. The normalized spacial score (nSPS) is 30.3. The minimum absolute atomic E-state index is 0.101. The van der Waals surface area contributed by atoms with E-state index in [4.69, 9.17) is 5.73 Å². The van der Waals surface area contributed by atoms with Gasteiger partial charge in [-0.25, -0.2) is 0 Å². The van der Waals surface area contributed by atoms with Gasteiger partial charge in [-0.2, -0.15) is 0 Å². The maximum atomic E-state index is 12.4. The zero-order chi connectivity index (χ0) is 16.4. The van der Waals surface area contributed by atoms with Crippen LogP contribution in [-0.2, 0) is 9.59 Å². The van der Waals surface area contributed by atoms with Crippen LogP contribution in [0.5, 0.6) is 0 Å². The van der Waals surface area contributed by atoms with Gasteiger partial charge >= 0.3 is 0 Å². The van der Waals surface area contributed by atoms with Crippen LogP contribution in [0, 0.1) is 5.92 Å². The number of carbonyl (C=O) groups excluding carboxylic acids is 2. The lowest BCUT2D eigenvalue weighted by atomic mass is 9.99. The standard InChI is InChI=1S/C17H30N4O2/c1-12(17(23)19-14-5-6-14)20-7-9-21(10-8-20)16(22)11-13-3-2-4-15(13)18/h12-15H,2-11,18H2,1H3,(H,19,23)/t12?,13-,15+/m0/s1. The molecule has 23 heavy (non-hydrogen) atoms. The molecule has 3 atom stereocenters. The highest BCUT2D eigenvalue weighted by molar-refractivity contribution is 5.82. The van der Waals surface area contributed by atoms with Gasteiger partial charge in [0, 0.05) is 44.7 Å². The van der Waals surface area contributed by atoms with E-state index in [0.717, 1.165) is 58.3 Å². The second kappa shape index (κ2) is 7.18. The predicted octanol–water partition coefficient (Wildman–Crippen LogP) is 0.315. The number of amides is 2. The quantitative estimate of drug-likeness (QED) is 0.764. The first-order chi connectivity index (χ1) is 11.0. The number of hydrogen-bond acceptors (Lipinski definition) is 4. The molecular weight excluding hydrogens is 292 g/mol. The van der Waals surface area contributed by atoms with Crippen LogP contribution in [0.2, 0.25) is 0 Å². The molecule has 1 unspecified atom stereocenters. The van der Waals surface area contributed by atoms with Crippen molar-refractivity contribution in [2.24, 2.45) is 11.7 Å². The largest absolute Gasteiger partial charge is 0.352 e. The zero-order valence-corrected chi connectivity index (χ0v) is 14.2. The van der Waals surface area contributed by atoms with Crippen molar-refractivity contribution in [2.45, 2.75) is 63.6 Å². The summed E-state index contributed by atoms with van der Waals surface area (Å²) in [5.41, 5.74) is 6.07. The molecule has 3 N–H and O–H groups in total. The highest BCUT2D eigenvalue weighted by Gasteiger charge is 2.32. The van der Waals surface area contributed by atoms with E-state index in [1.807, 2.05) is 11.8 Å². The van der Waals surface area contributed by atoms with Crippen molar-refractivity contribution in [1.82, 2.24) is 15.1 Å². The van der Waals surface area contributed by atoms with Crippen molar-refractivity contribution in [2.75, 3.05) is 26.2 Å². The Labute approximate surface area is 138 Å². The summed E-state index contributed by atoms with van der Waals surface area (Å²) in [6.45, 7) is 4.97. The fraction of sp³-hybridized carbons (Fsp3) is 0.882. The van der Waals surface area contributed by atoms with Crippen LogP contribution >= 0.6 is 0 Å². The van der Waals surface area contributed by atoms with Crippen LogP contribution in [0.3, 0.4) is 0 Å². The lowest BCUT2D eigenvalue weighted by Crippen LogP contribution is -2.55. The number of nitrogens with zero attached hydrogens (tertiary/aromatic N) is 2. The molecule has 130 valence electrons. The van der Waals surface area contributed by atoms with Crippen molar-refractivity contribution in [3.63, 3.8) is 0 Å². The summed E-state index contributed by atoms with van der Waals surface area (Å²) < 4.78 is 0. The predicted molar refractivity (Wildman–Crippen MR) is 88.7 cm³/mol. The molecule has 3 aliphatic rings. The fourth-order valence-corrected chi connectivity index (χ4v) is 3.75. The Balaban J connectivity index is 1.42. The topological polar surface area (TPSA) is 78.7 Å². The van der Waals surface area contributed by atoms with Gasteiger partial charge in [0.1, 0.15) is 0 Å². The van der Waals surface area contributed by atoms with Gasteiger partial charge in [-0.05, 0) is 38.5 Å². The first-order valence-electron chi connectivity index (χ1n) is 9.12. The van der Waals surface area contributed by atoms with Gasteiger partial charge in [0.2, 0.25) is 11.8 Å². The molecule has 0 spiro atoms. The summed E-state index contributed by atoms with van der Waals surface area (Å²) >= 11 is 0. The number of piperazine rings is 1. The smallest absolute Gasteiger partial charge is 0.237 e. The maximum Gasteiger partial charge on any atom is 0.237 e.